The number of hydrogen-bond acceptors (Lipinski definition) is 1. The molecule has 1 N–H and O–H groups in total. The van der Waals surface area contributed by atoms with Crippen LogP contribution >= 0.6 is 0 Å². The van der Waals surface area contributed by atoms with Crippen molar-refractivity contribution in [3.8, 4) is 0 Å². The van der Waals surface area contributed by atoms with Gasteiger partial charge in [-0.3, -0.25) is 0 Å². The van der Waals surface area contributed by atoms with Gasteiger partial charge in [0.05, 0.1) is 0 Å². The molecule has 0 amide bonds. The van der Waals surface area contributed by atoms with Crippen LogP contribution in [0.25, 0.3) is 0 Å². The number of allylic oxidation sites excluding steroid dienone is 2. The summed E-state index contributed by atoms with van der Waals surface area (Å²) in [5.74, 6) is 0.689. The summed E-state index contributed by atoms with van der Waals surface area (Å²) in [5.41, 5.74) is 3.97. The van der Waals surface area contributed by atoms with Crippen LogP contribution < -0.4 is 0 Å². The third-order valence-electron chi connectivity index (χ3n) is 2.99. The lowest BCUT2D eigenvalue weighted by molar-refractivity contribution is 0.552. The van der Waals surface area contributed by atoms with Crippen LogP contribution in [-0.4, -0.2) is 5.71 Å². The number of nitrogens with one attached hydrogen (secondary N) is 1. The molecule has 0 aliphatic heterocycles. The average Bonchev–Trinajstić information content (AvgIpc) is 2.34. The highest BCUT2D eigenvalue weighted by molar-refractivity contribution is 6.01. The van der Waals surface area contributed by atoms with Gasteiger partial charge in [-0.05, 0) is 43.6 Å². The van der Waals surface area contributed by atoms with E-state index in [0.29, 0.717) is 5.92 Å². The molecule has 1 nitrogen and oxygen atoms in total. The third-order valence-corrected chi connectivity index (χ3v) is 2.99. The van der Waals surface area contributed by atoms with Gasteiger partial charge in [-0.15, -0.1) is 0 Å². The average molecular weight is 149 g/mol. The molecule has 11 heavy (non-hydrogen) atoms. The minimum absolute atomic E-state index is 0.689. The van der Waals surface area contributed by atoms with Gasteiger partial charge in [-0.1, -0.05) is 12.5 Å². The maximum absolute atomic E-state index is 7.75. The minimum atomic E-state index is 0.689. The van der Waals surface area contributed by atoms with Crippen molar-refractivity contribution in [1.29, 1.82) is 5.41 Å². The fourth-order valence-corrected chi connectivity index (χ4v) is 2.43. The first-order chi connectivity index (χ1) is 5.29. The summed E-state index contributed by atoms with van der Waals surface area (Å²) in [6.07, 6.45) is 6.16. The van der Waals surface area contributed by atoms with Crippen LogP contribution in [-0.2, 0) is 0 Å². The number of rotatable bonds is 0. The molecule has 0 bridgehead atoms. The van der Waals surface area contributed by atoms with Crippen molar-refractivity contribution in [2.75, 3.05) is 0 Å². The monoisotopic (exact) mass is 149 g/mol. The lowest BCUT2D eigenvalue weighted by Crippen LogP contribution is -2.10. The molecule has 1 unspecified atom stereocenters. The second-order valence-corrected chi connectivity index (χ2v) is 3.79. The Hall–Kier alpha value is -0.590. The Labute approximate surface area is 68.0 Å². The molecule has 0 aromatic heterocycles. The first kappa shape index (κ1) is 7.08. The van der Waals surface area contributed by atoms with Crippen LogP contribution in [0.5, 0.6) is 0 Å². The third kappa shape index (κ3) is 1.03. The van der Waals surface area contributed by atoms with E-state index in [0.717, 1.165) is 12.1 Å². The molecule has 2 aliphatic rings. The van der Waals surface area contributed by atoms with Crippen LogP contribution in [0.2, 0.25) is 0 Å². The van der Waals surface area contributed by atoms with Gasteiger partial charge in [0.25, 0.3) is 0 Å². The zero-order chi connectivity index (χ0) is 7.84. The standard InChI is InChI=1S/C10H15N/c1-7-3-2-4-8-5-6-9(11)10(7)8/h7,11H,2-6H2,1H3. The molecule has 0 spiro atoms. The smallest absolute Gasteiger partial charge is 0.0351 e. The normalized spacial score (nSPS) is 31.0. The molecule has 0 aromatic carbocycles. The van der Waals surface area contributed by atoms with E-state index in [2.05, 4.69) is 6.92 Å². The molecule has 1 heteroatoms. The van der Waals surface area contributed by atoms with Crippen molar-refractivity contribution in [3.05, 3.63) is 11.1 Å². The highest BCUT2D eigenvalue weighted by Crippen LogP contribution is 2.38. The van der Waals surface area contributed by atoms with E-state index in [9.17, 15) is 0 Å². The first-order valence-electron chi connectivity index (χ1n) is 4.58. The molecule has 2 rings (SSSR count). The lowest BCUT2D eigenvalue weighted by atomic mass is 9.85. The Bertz CT molecular complexity index is 225. The summed E-state index contributed by atoms with van der Waals surface area (Å²) in [6.45, 7) is 2.27. The summed E-state index contributed by atoms with van der Waals surface area (Å²) in [4.78, 5) is 0. The van der Waals surface area contributed by atoms with Crippen molar-refractivity contribution >= 4 is 5.71 Å². The Morgan fingerprint density at radius 2 is 2.09 bits per heavy atom. The van der Waals surface area contributed by atoms with Crippen LogP contribution in [0.3, 0.4) is 0 Å². The van der Waals surface area contributed by atoms with Crippen molar-refractivity contribution in [2.24, 2.45) is 5.92 Å². The highest BCUT2D eigenvalue weighted by Gasteiger charge is 2.26. The summed E-state index contributed by atoms with van der Waals surface area (Å²) in [6, 6.07) is 0. The topological polar surface area (TPSA) is 23.9 Å². The molecule has 0 saturated carbocycles. The molecule has 0 fully saturated rings. The molecule has 0 saturated heterocycles. The zero-order valence-electron chi connectivity index (χ0n) is 7.11. The Balaban J connectivity index is 2.34. The van der Waals surface area contributed by atoms with Crippen LogP contribution in [0.4, 0.5) is 0 Å². The first-order valence-corrected chi connectivity index (χ1v) is 4.58. The van der Waals surface area contributed by atoms with Crippen molar-refractivity contribution in [1.82, 2.24) is 0 Å². The Morgan fingerprint density at radius 1 is 1.27 bits per heavy atom. The van der Waals surface area contributed by atoms with E-state index < -0.39 is 0 Å². The predicted molar refractivity (Wildman–Crippen MR) is 47.0 cm³/mol. The SMILES string of the molecule is CC1CCCC2=C1C(=N)CC2. The summed E-state index contributed by atoms with van der Waals surface area (Å²) < 4.78 is 0. The predicted octanol–water partition coefficient (Wildman–Crippen LogP) is 2.92. The van der Waals surface area contributed by atoms with Gasteiger partial charge in [0, 0.05) is 5.71 Å². The Morgan fingerprint density at radius 3 is 2.82 bits per heavy atom. The van der Waals surface area contributed by atoms with E-state index in [4.69, 9.17) is 5.41 Å². The molecule has 60 valence electrons. The fourth-order valence-electron chi connectivity index (χ4n) is 2.43. The highest BCUT2D eigenvalue weighted by atomic mass is 14.5. The van der Waals surface area contributed by atoms with E-state index in [-0.39, 0.29) is 0 Å². The maximum Gasteiger partial charge on any atom is 0.0351 e. The van der Waals surface area contributed by atoms with E-state index >= 15 is 0 Å². The molecule has 0 heterocycles. The lowest BCUT2D eigenvalue weighted by Gasteiger charge is -2.20. The summed E-state index contributed by atoms with van der Waals surface area (Å²) >= 11 is 0. The van der Waals surface area contributed by atoms with E-state index in [1.165, 1.54) is 31.3 Å². The largest absolute Gasteiger partial charge is 0.305 e. The van der Waals surface area contributed by atoms with E-state index in [1.807, 2.05) is 0 Å². The molecule has 2 aliphatic carbocycles. The van der Waals surface area contributed by atoms with Crippen LogP contribution in [0, 0.1) is 11.3 Å². The second kappa shape index (κ2) is 2.47. The molecular weight excluding hydrogens is 134 g/mol. The van der Waals surface area contributed by atoms with Gasteiger partial charge in [0.15, 0.2) is 0 Å². The van der Waals surface area contributed by atoms with Gasteiger partial charge in [0.2, 0.25) is 0 Å². The maximum atomic E-state index is 7.75. The van der Waals surface area contributed by atoms with Crippen LogP contribution in [0.15, 0.2) is 11.1 Å². The minimum Gasteiger partial charge on any atom is -0.305 e. The van der Waals surface area contributed by atoms with Crippen molar-refractivity contribution in [2.45, 2.75) is 39.0 Å². The van der Waals surface area contributed by atoms with Crippen molar-refractivity contribution < 1.29 is 0 Å². The van der Waals surface area contributed by atoms with Gasteiger partial charge in [0.1, 0.15) is 0 Å². The fraction of sp³-hybridized carbons (Fsp3) is 0.700. The van der Waals surface area contributed by atoms with Gasteiger partial charge in [-0.25, -0.2) is 0 Å². The van der Waals surface area contributed by atoms with E-state index in [1.54, 1.807) is 5.57 Å². The zero-order valence-corrected chi connectivity index (χ0v) is 7.11. The summed E-state index contributed by atoms with van der Waals surface area (Å²) in [5, 5.41) is 7.75. The molecular formula is C10H15N. The van der Waals surface area contributed by atoms with Gasteiger partial charge >= 0.3 is 0 Å². The van der Waals surface area contributed by atoms with Crippen molar-refractivity contribution in [3.63, 3.8) is 0 Å². The molecule has 1 atom stereocenters. The molecule has 0 radical (unpaired) electrons. The molecule has 0 aromatic rings. The number of hydrogen-bond donors (Lipinski definition) is 1. The van der Waals surface area contributed by atoms with Gasteiger partial charge in [-0.2, -0.15) is 0 Å². The van der Waals surface area contributed by atoms with Crippen LogP contribution in [0.1, 0.15) is 39.0 Å². The Kier molecular flexibility index (Phi) is 1.59. The van der Waals surface area contributed by atoms with Gasteiger partial charge < -0.3 is 5.41 Å². The quantitative estimate of drug-likeness (QED) is 0.547. The second-order valence-electron chi connectivity index (χ2n) is 3.79. The summed E-state index contributed by atoms with van der Waals surface area (Å²) in [7, 11) is 0.